The first-order chi connectivity index (χ1) is 8.94. The third-order valence-corrected chi connectivity index (χ3v) is 5.51. The van der Waals surface area contributed by atoms with Gasteiger partial charge < -0.3 is 5.32 Å². The summed E-state index contributed by atoms with van der Waals surface area (Å²) >= 11 is 1.89. The van der Waals surface area contributed by atoms with Crippen LogP contribution in [0.2, 0.25) is 0 Å². The Hall–Kier alpha value is -0.410. The predicted octanol–water partition coefficient (Wildman–Crippen LogP) is 4.42. The van der Waals surface area contributed by atoms with E-state index < -0.39 is 0 Å². The van der Waals surface area contributed by atoms with Crippen molar-refractivity contribution in [3.8, 4) is 0 Å². The summed E-state index contributed by atoms with van der Waals surface area (Å²) in [6, 6.07) is 0.499. The molecule has 1 aliphatic rings. The zero-order chi connectivity index (χ0) is 14.0. The quantitative estimate of drug-likeness (QED) is 0.834. The number of aryl methyl sites for hydroxylation is 2. The summed E-state index contributed by atoms with van der Waals surface area (Å²) in [5.41, 5.74) is 1.34. The minimum atomic E-state index is 0.0576. The van der Waals surface area contributed by atoms with Crippen molar-refractivity contribution in [1.82, 2.24) is 10.3 Å². The lowest BCUT2D eigenvalue weighted by molar-refractivity contribution is 0.194. The van der Waals surface area contributed by atoms with Crippen LogP contribution in [0.4, 0.5) is 0 Å². The molecule has 1 aromatic heterocycles. The molecule has 3 heteroatoms. The summed E-state index contributed by atoms with van der Waals surface area (Å²) in [6.07, 6.45) is 6.51. The van der Waals surface area contributed by atoms with Gasteiger partial charge in [-0.1, -0.05) is 26.2 Å². The van der Waals surface area contributed by atoms with Crippen LogP contribution in [0.1, 0.15) is 69.0 Å². The second kappa shape index (κ2) is 5.92. The molecule has 1 fully saturated rings. The van der Waals surface area contributed by atoms with Gasteiger partial charge in [-0.3, -0.25) is 0 Å². The molecule has 1 heterocycles. The fourth-order valence-electron chi connectivity index (χ4n) is 3.11. The molecule has 0 spiro atoms. The lowest BCUT2D eigenvalue weighted by Gasteiger charge is -2.38. The van der Waals surface area contributed by atoms with E-state index in [-0.39, 0.29) is 5.54 Å². The van der Waals surface area contributed by atoms with Crippen LogP contribution in [-0.2, 0) is 12.0 Å². The van der Waals surface area contributed by atoms with E-state index in [0.717, 1.165) is 12.3 Å². The number of hydrogen-bond donors (Lipinski definition) is 1. The highest BCUT2D eigenvalue weighted by Gasteiger charge is 2.35. The van der Waals surface area contributed by atoms with Gasteiger partial charge in [0.2, 0.25) is 0 Å². The number of thiazole rings is 1. The van der Waals surface area contributed by atoms with Gasteiger partial charge in [0, 0.05) is 10.9 Å². The van der Waals surface area contributed by atoms with Crippen LogP contribution in [0.25, 0.3) is 0 Å². The Kier molecular flexibility index (Phi) is 4.67. The molecule has 1 unspecified atom stereocenters. The summed E-state index contributed by atoms with van der Waals surface area (Å²) in [5.74, 6) is 0.894. The van der Waals surface area contributed by atoms with Crippen molar-refractivity contribution in [2.75, 3.05) is 0 Å². The average Bonchev–Trinajstić information content (AvgIpc) is 2.65. The number of rotatable bonds is 6. The van der Waals surface area contributed by atoms with Crippen molar-refractivity contribution < 1.29 is 0 Å². The third-order valence-electron chi connectivity index (χ3n) is 4.23. The monoisotopic (exact) mass is 280 g/mol. The molecule has 2 nitrogen and oxygen atoms in total. The van der Waals surface area contributed by atoms with E-state index in [1.54, 1.807) is 0 Å². The van der Waals surface area contributed by atoms with Crippen molar-refractivity contribution >= 4 is 11.3 Å². The summed E-state index contributed by atoms with van der Waals surface area (Å²) in [5, 5.41) is 5.08. The minimum Gasteiger partial charge on any atom is -0.303 e. The predicted molar refractivity (Wildman–Crippen MR) is 83.8 cm³/mol. The van der Waals surface area contributed by atoms with Crippen LogP contribution in [0.3, 0.4) is 0 Å². The van der Waals surface area contributed by atoms with Crippen LogP contribution >= 0.6 is 11.3 Å². The number of nitrogens with zero attached hydrogens (tertiary/aromatic N) is 1. The molecule has 1 saturated carbocycles. The lowest BCUT2D eigenvalue weighted by Crippen LogP contribution is -2.45. The second-order valence-corrected chi connectivity index (χ2v) is 7.71. The van der Waals surface area contributed by atoms with Crippen molar-refractivity contribution in [2.24, 2.45) is 5.92 Å². The van der Waals surface area contributed by atoms with Crippen molar-refractivity contribution in [2.45, 2.75) is 78.3 Å². The van der Waals surface area contributed by atoms with Gasteiger partial charge in [-0.15, -0.1) is 11.3 Å². The van der Waals surface area contributed by atoms with Gasteiger partial charge in [-0.25, -0.2) is 4.98 Å². The third kappa shape index (κ3) is 3.38. The van der Waals surface area contributed by atoms with E-state index >= 15 is 0 Å². The molecule has 0 bridgehead atoms. The minimum absolute atomic E-state index is 0.0576. The molecule has 108 valence electrons. The smallest absolute Gasteiger partial charge is 0.113 e. The zero-order valence-electron chi connectivity index (χ0n) is 13.0. The second-order valence-electron chi connectivity index (χ2n) is 6.51. The van der Waals surface area contributed by atoms with E-state index in [1.807, 2.05) is 11.3 Å². The summed E-state index contributed by atoms with van der Waals surface area (Å²) in [4.78, 5) is 6.31. The summed E-state index contributed by atoms with van der Waals surface area (Å²) in [7, 11) is 0. The topological polar surface area (TPSA) is 24.9 Å². The van der Waals surface area contributed by atoms with Gasteiger partial charge in [-0.2, -0.15) is 0 Å². The van der Waals surface area contributed by atoms with Gasteiger partial charge in [0.15, 0.2) is 0 Å². The molecule has 0 aliphatic heterocycles. The molecule has 1 aliphatic carbocycles. The largest absolute Gasteiger partial charge is 0.303 e. The standard InChI is InChI=1S/C16H28N2S/c1-6-14-12(4)19-15(17-14)16(5,18-11(2)3)10-13-8-7-9-13/h11,13,18H,6-10H2,1-5H3. The molecular formula is C16H28N2S. The Balaban J connectivity index is 2.23. The molecular weight excluding hydrogens is 252 g/mol. The Morgan fingerprint density at radius 2 is 2.11 bits per heavy atom. The highest BCUT2D eigenvalue weighted by molar-refractivity contribution is 7.11. The van der Waals surface area contributed by atoms with Crippen LogP contribution in [0.15, 0.2) is 0 Å². The first kappa shape index (κ1) is 15.0. The average molecular weight is 280 g/mol. The maximum Gasteiger partial charge on any atom is 0.113 e. The Morgan fingerprint density at radius 1 is 1.42 bits per heavy atom. The van der Waals surface area contributed by atoms with Crippen molar-refractivity contribution in [3.05, 3.63) is 15.6 Å². The van der Waals surface area contributed by atoms with E-state index in [1.165, 1.54) is 41.3 Å². The van der Waals surface area contributed by atoms with E-state index in [9.17, 15) is 0 Å². The Morgan fingerprint density at radius 3 is 2.53 bits per heavy atom. The summed E-state index contributed by atoms with van der Waals surface area (Å²) < 4.78 is 0. The first-order valence-electron chi connectivity index (χ1n) is 7.69. The van der Waals surface area contributed by atoms with E-state index in [2.05, 4.69) is 39.9 Å². The van der Waals surface area contributed by atoms with Crippen LogP contribution < -0.4 is 5.32 Å². The maximum atomic E-state index is 4.92. The molecule has 0 amide bonds. The Bertz CT molecular complexity index is 420. The van der Waals surface area contributed by atoms with Gasteiger partial charge in [-0.05, 0) is 46.5 Å². The van der Waals surface area contributed by atoms with Crippen molar-refractivity contribution in [3.63, 3.8) is 0 Å². The molecule has 0 saturated heterocycles. The fraction of sp³-hybridized carbons (Fsp3) is 0.812. The number of aromatic nitrogens is 1. The maximum absolute atomic E-state index is 4.92. The number of nitrogens with one attached hydrogen (secondary N) is 1. The number of hydrogen-bond acceptors (Lipinski definition) is 3. The molecule has 0 aromatic carbocycles. The molecule has 2 rings (SSSR count). The van der Waals surface area contributed by atoms with Gasteiger partial charge in [0.05, 0.1) is 11.2 Å². The molecule has 0 radical (unpaired) electrons. The van der Waals surface area contributed by atoms with E-state index in [0.29, 0.717) is 6.04 Å². The molecule has 19 heavy (non-hydrogen) atoms. The van der Waals surface area contributed by atoms with Gasteiger partial charge in [0.25, 0.3) is 0 Å². The zero-order valence-corrected chi connectivity index (χ0v) is 13.9. The molecule has 1 aromatic rings. The normalized spacial score (nSPS) is 19.5. The fourth-order valence-corrected chi connectivity index (χ4v) is 4.23. The lowest BCUT2D eigenvalue weighted by atomic mass is 9.76. The van der Waals surface area contributed by atoms with E-state index in [4.69, 9.17) is 4.98 Å². The van der Waals surface area contributed by atoms with Crippen molar-refractivity contribution in [1.29, 1.82) is 0 Å². The van der Waals surface area contributed by atoms with Crippen LogP contribution in [0.5, 0.6) is 0 Å². The first-order valence-corrected chi connectivity index (χ1v) is 8.50. The van der Waals surface area contributed by atoms with Gasteiger partial charge in [0.1, 0.15) is 5.01 Å². The SMILES string of the molecule is CCc1nc(C(C)(CC2CCC2)NC(C)C)sc1C. The Labute approximate surface area is 122 Å². The van der Waals surface area contributed by atoms with Crippen LogP contribution in [0, 0.1) is 12.8 Å². The van der Waals surface area contributed by atoms with Gasteiger partial charge >= 0.3 is 0 Å². The van der Waals surface area contributed by atoms with Crippen LogP contribution in [-0.4, -0.2) is 11.0 Å². The highest BCUT2D eigenvalue weighted by Crippen LogP contribution is 2.40. The molecule has 1 atom stereocenters. The molecule has 1 N–H and O–H groups in total. The highest BCUT2D eigenvalue weighted by atomic mass is 32.1. The summed E-state index contributed by atoms with van der Waals surface area (Å²) in [6.45, 7) is 11.2.